The number of halogens is 3. The van der Waals surface area contributed by atoms with Gasteiger partial charge in [0.05, 0.1) is 12.2 Å². The van der Waals surface area contributed by atoms with Crippen molar-refractivity contribution in [2.24, 2.45) is 0 Å². The zero-order chi connectivity index (χ0) is 14.5. The molecular formula is C14H20ClF2N3O. The second kappa shape index (κ2) is 8.26. The van der Waals surface area contributed by atoms with Gasteiger partial charge in [-0.3, -0.25) is 9.69 Å². The number of likely N-dealkylation sites (N-methyl/N-ethyl adjacent to an activating group) is 1. The Morgan fingerprint density at radius 2 is 2.05 bits per heavy atom. The molecule has 1 amide bonds. The maximum atomic E-state index is 13.4. The summed E-state index contributed by atoms with van der Waals surface area (Å²) in [5.74, 6) is -1.72. The number of hydrogen-bond donors (Lipinski definition) is 2. The third-order valence-electron chi connectivity index (χ3n) is 3.53. The molecule has 0 aromatic heterocycles. The summed E-state index contributed by atoms with van der Waals surface area (Å²) in [6.07, 6.45) is 1.99. The fourth-order valence-corrected chi connectivity index (χ4v) is 2.38. The molecule has 0 saturated carbocycles. The van der Waals surface area contributed by atoms with E-state index in [1.54, 1.807) is 0 Å². The number of benzene rings is 1. The van der Waals surface area contributed by atoms with Gasteiger partial charge in [0.15, 0.2) is 0 Å². The van der Waals surface area contributed by atoms with Crippen molar-refractivity contribution < 1.29 is 13.6 Å². The highest BCUT2D eigenvalue weighted by molar-refractivity contribution is 5.92. The Morgan fingerprint density at radius 3 is 2.67 bits per heavy atom. The normalized spacial score (nSPS) is 15.6. The lowest BCUT2D eigenvalue weighted by atomic mass is 10.1. The number of hydrogen-bond acceptors (Lipinski definition) is 3. The van der Waals surface area contributed by atoms with Crippen molar-refractivity contribution in [1.29, 1.82) is 0 Å². The fourth-order valence-electron chi connectivity index (χ4n) is 2.38. The number of nitrogens with one attached hydrogen (secondary N) is 2. The zero-order valence-corrected chi connectivity index (χ0v) is 12.7. The van der Waals surface area contributed by atoms with Crippen LogP contribution in [-0.4, -0.2) is 43.5 Å². The van der Waals surface area contributed by atoms with Crippen molar-refractivity contribution in [3.05, 3.63) is 29.8 Å². The van der Waals surface area contributed by atoms with Crippen LogP contribution in [0.1, 0.15) is 12.8 Å². The van der Waals surface area contributed by atoms with Crippen molar-refractivity contribution in [3.8, 4) is 0 Å². The Bertz CT molecular complexity index is 481. The van der Waals surface area contributed by atoms with Crippen LogP contribution in [0.3, 0.4) is 0 Å². The Balaban J connectivity index is 0.00000220. The molecule has 0 bridgehead atoms. The Labute approximate surface area is 129 Å². The maximum absolute atomic E-state index is 13.4. The molecule has 1 aliphatic rings. The number of rotatable bonds is 4. The van der Waals surface area contributed by atoms with Gasteiger partial charge in [-0.1, -0.05) is 0 Å². The lowest BCUT2D eigenvalue weighted by Crippen LogP contribution is -2.44. The smallest absolute Gasteiger partial charge is 0.238 e. The minimum atomic E-state index is -0.761. The number of carbonyl (C=O) groups is 1. The van der Waals surface area contributed by atoms with E-state index in [0.717, 1.165) is 38.1 Å². The topological polar surface area (TPSA) is 44.4 Å². The van der Waals surface area contributed by atoms with Crippen molar-refractivity contribution in [3.63, 3.8) is 0 Å². The van der Waals surface area contributed by atoms with E-state index in [2.05, 4.69) is 10.6 Å². The van der Waals surface area contributed by atoms with Crippen LogP contribution in [-0.2, 0) is 4.79 Å². The van der Waals surface area contributed by atoms with Gasteiger partial charge in [0.1, 0.15) is 11.6 Å². The van der Waals surface area contributed by atoms with Crippen LogP contribution in [0.4, 0.5) is 14.5 Å². The fraction of sp³-hybridized carbons (Fsp3) is 0.500. The molecule has 1 aliphatic heterocycles. The summed E-state index contributed by atoms with van der Waals surface area (Å²) >= 11 is 0. The minimum Gasteiger partial charge on any atom is -0.322 e. The number of nitrogens with zero attached hydrogens (tertiary/aromatic N) is 1. The van der Waals surface area contributed by atoms with Crippen LogP contribution in [0.25, 0.3) is 0 Å². The monoisotopic (exact) mass is 319 g/mol. The van der Waals surface area contributed by atoms with Crippen molar-refractivity contribution >= 4 is 24.0 Å². The second-order valence-corrected chi connectivity index (χ2v) is 5.07. The molecule has 0 radical (unpaired) electrons. The van der Waals surface area contributed by atoms with E-state index in [-0.39, 0.29) is 30.5 Å². The molecule has 4 nitrogen and oxygen atoms in total. The SMILES string of the molecule is CN(CC(=O)Nc1ccc(F)cc1F)C1CCNCC1.Cl. The van der Waals surface area contributed by atoms with E-state index in [0.29, 0.717) is 6.04 Å². The van der Waals surface area contributed by atoms with Crippen LogP contribution in [0.5, 0.6) is 0 Å². The average molecular weight is 320 g/mol. The summed E-state index contributed by atoms with van der Waals surface area (Å²) < 4.78 is 26.2. The molecule has 1 aromatic rings. The first-order valence-electron chi connectivity index (χ1n) is 6.72. The minimum absolute atomic E-state index is 0. The van der Waals surface area contributed by atoms with Gasteiger partial charge in [0, 0.05) is 12.1 Å². The van der Waals surface area contributed by atoms with Gasteiger partial charge in [-0.15, -0.1) is 12.4 Å². The average Bonchev–Trinajstić information content (AvgIpc) is 2.43. The number of carbonyl (C=O) groups excluding carboxylic acids is 1. The maximum Gasteiger partial charge on any atom is 0.238 e. The molecule has 118 valence electrons. The molecule has 7 heteroatoms. The van der Waals surface area contributed by atoms with E-state index >= 15 is 0 Å². The van der Waals surface area contributed by atoms with Gasteiger partial charge in [-0.25, -0.2) is 8.78 Å². The Kier molecular flexibility index (Phi) is 7.01. The molecule has 1 saturated heterocycles. The molecule has 21 heavy (non-hydrogen) atoms. The molecule has 0 spiro atoms. The lowest BCUT2D eigenvalue weighted by Gasteiger charge is -2.31. The summed E-state index contributed by atoms with van der Waals surface area (Å²) in [6.45, 7) is 2.09. The second-order valence-electron chi connectivity index (χ2n) is 5.07. The van der Waals surface area contributed by atoms with Gasteiger partial charge in [0.25, 0.3) is 0 Å². The molecule has 2 N–H and O–H groups in total. The first-order valence-corrected chi connectivity index (χ1v) is 6.72. The van der Waals surface area contributed by atoms with E-state index < -0.39 is 11.6 Å². The summed E-state index contributed by atoms with van der Waals surface area (Å²) in [5, 5.41) is 5.73. The zero-order valence-electron chi connectivity index (χ0n) is 11.9. The predicted molar refractivity (Wildman–Crippen MR) is 80.8 cm³/mol. The van der Waals surface area contributed by atoms with E-state index in [1.165, 1.54) is 6.07 Å². The first-order chi connectivity index (χ1) is 9.56. The largest absolute Gasteiger partial charge is 0.322 e. The number of piperidine rings is 1. The highest BCUT2D eigenvalue weighted by Crippen LogP contribution is 2.15. The van der Waals surface area contributed by atoms with Crippen LogP contribution < -0.4 is 10.6 Å². The van der Waals surface area contributed by atoms with Gasteiger partial charge >= 0.3 is 0 Å². The summed E-state index contributed by atoms with van der Waals surface area (Å²) in [6, 6.07) is 3.47. The van der Waals surface area contributed by atoms with E-state index in [9.17, 15) is 13.6 Å². The van der Waals surface area contributed by atoms with E-state index in [4.69, 9.17) is 0 Å². The van der Waals surface area contributed by atoms with Crippen LogP contribution in [0, 0.1) is 11.6 Å². The molecule has 0 atom stereocenters. The molecule has 0 aliphatic carbocycles. The quantitative estimate of drug-likeness (QED) is 0.892. The Hall–Kier alpha value is -1.24. The van der Waals surface area contributed by atoms with Crippen LogP contribution >= 0.6 is 12.4 Å². The number of anilines is 1. The Morgan fingerprint density at radius 1 is 1.38 bits per heavy atom. The van der Waals surface area contributed by atoms with Gasteiger partial charge in [0.2, 0.25) is 5.91 Å². The molecular weight excluding hydrogens is 300 g/mol. The lowest BCUT2D eigenvalue weighted by molar-refractivity contribution is -0.117. The molecule has 2 rings (SSSR count). The molecule has 1 heterocycles. The molecule has 1 aromatic carbocycles. The van der Waals surface area contributed by atoms with Crippen molar-refractivity contribution in [1.82, 2.24) is 10.2 Å². The van der Waals surface area contributed by atoms with Crippen molar-refractivity contribution in [2.45, 2.75) is 18.9 Å². The molecule has 1 fully saturated rings. The van der Waals surface area contributed by atoms with Crippen LogP contribution in [0.2, 0.25) is 0 Å². The van der Waals surface area contributed by atoms with Crippen LogP contribution in [0.15, 0.2) is 18.2 Å². The third kappa shape index (κ3) is 5.22. The molecule has 0 unspecified atom stereocenters. The standard InChI is InChI=1S/C14H19F2N3O.ClH/c1-19(11-4-6-17-7-5-11)9-14(20)18-13-3-2-10(15)8-12(13)16;/h2-3,8,11,17H,4-7,9H2,1H3,(H,18,20);1H. The van der Waals surface area contributed by atoms with Gasteiger partial charge in [-0.05, 0) is 45.1 Å². The van der Waals surface area contributed by atoms with Crippen molar-refractivity contribution in [2.75, 3.05) is 32.0 Å². The van der Waals surface area contributed by atoms with Gasteiger partial charge in [-0.2, -0.15) is 0 Å². The number of amides is 1. The summed E-state index contributed by atoms with van der Waals surface area (Å²) in [7, 11) is 1.89. The van der Waals surface area contributed by atoms with E-state index in [1.807, 2.05) is 11.9 Å². The first kappa shape index (κ1) is 17.8. The highest BCUT2D eigenvalue weighted by atomic mass is 35.5. The summed E-state index contributed by atoms with van der Waals surface area (Å²) in [5.41, 5.74) is 0.00936. The summed E-state index contributed by atoms with van der Waals surface area (Å²) in [4.78, 5) is 13.8. The highest BCUT2D eigenvalue weighted by Gasteiger charge is 2.20. The van der Waals surface area contributed by atoms with Gasteiger partial charge < -0.3 is 10.6 Å². The predicted octanol–water partition coefficient (Wildman–Crippen LogP) is 2.01. The third-order valence-corrected chi connectivity index (χ3v) is 3.53.